The van der Waals surface area contributed by atoms with Crippen molar-refractivity contribution in [2.45, 2.75) is 12.6 Å². The first-order valence-electron chi connectivity index (χ1n) is 4.28. The first kappa shape index (κ1) is 12.9. The number of carboxylic acid groups (broad SMARTS) is 1. The Morgan fingerprint density at radius 3 is 2.41 bits per heavy atom. The quantitative estimate of drug-likeness (QED) is 0.658. The molecule has 0 unspecified atom stereocenters. The van der Waals surface area contributed by atoms with Gasteiger partial charge in [0.15, 0.2) is 0 Å². The lowest BCUT2D eigenvalue weighted by Crippen LogP contribution is -2.10. The maximum Gasteiger partial charge on any atom is 0.423 e. The number of hydrogen-bond donors (Lipinski definition) is 1. The molecular formula is C9H6F3NO4. The highest BCUT2D eigenvalue weighted by atomic mass is 19.4. The molecule has 0 saturated heterocycles. The van der Waals surface area contributed by atoms with Gasteiger partial charge in [-0.05, 0) is 11.6 Å². The lowest BCUT2D eigenvalue weighted by Gasteiger charge is -2.08. The minimum Gasteiger partial charge on any atom is -0.481 e. The van der Waals surface area contributed by atoms with Crippen molar-refractivity contribution in [3.05, 3.63) is 39.4 Å². The fraction of sp³-hybridized carbons (Fsp3) is 0.222. The Morgan fingerprint density at radius 1 is 1.41 bits per heavy atom. The van der Waals surface area contributed by atoms with Crippen LogP contribution in [0.5, 0.6) is 0 Å². The highest BCUT2D eigenvalue weighted by Gasteiger charge is 2.38. The molecule has 0 aliphatic heterocycles. The summed E-state index contributed by atoms with van der Waals surface area (Å²) in [7, 11) is 0. The van der Waals surface area contributed by atoms with E-state index in [1.165, 1.54) is 0 Å². The lowest BCUT2D eigenvalue weighted by molar-refractivity contribution is -0.388. The van der Waals surface area contributed by atoms with E-state index in [1.807, 2.05) is 0 Å². The summed E-state index contributed by atoms with van der Waals surface area (Å²) in [6.07, 6.45) is -5.52. The molecule has 0 amide bonds. The van der Waals surface area contributed by atoms with Crippen LogP contribution in [-0.4, -0.2) is 16.0 Å². The van der Waals surface area contributed by atoms with Crippen molar-refractivity contribution in [3.8, 4) is 0 Å². The van der Waals surface area contributed by atoms with Crippen LogP contribution in [0.15, 0.2) is 18.2 Å². The van der Waals surface area contributed by atoms with Gasteiger partial charge in [0.1, 0.15) is 5.56 Å². The van der Waals surface area contributed by atoms with E-state index in [2.05, 4.69) is 0 Å². The Kier molecular flexibility index (Phi) is 3.35. The van der Waals surface area contributed by atoms with Crippen molar-refractivity contribution in [2.24, 2.45) is 0 Å². The van der Waals surface area contributed by atoms with Crippen LogP contribution >= 0.6 is 0 Å². The van der Waals surface area contributed by atoms with E-state index in [0.717, 1.165) is 6.07 Å². The largest absolute Gasteiger partial charge is 0.481 e. The number of carboxylic acids is 1. The first-order chi connectivity index (χ1) is 7.71. The number of alkyl halides is 3. The maximum atomic E-state index is 12.5. The molecule has 17 heavy (non-hydrogen) atoms. The number of nitro groups is 1. The Hall–Kier alpha value is -2.12. The average molecular weight is 249 g/mol. The number of carbonyl (C=O) groups is 1. The molecule has 0 aromatic heterocycles. The second-order valence-electron chi connectivity index (χ2n) is 3.18. The summed E-state index contributed by atoms with van der Waals surface area (Å²) < 4.78 is 37.4. The highest BCUT2D eigenvalue weighted by Crippen LogP contribution is 2.36. The van der Waals surface area contributed by atoms with Gasteiger partial charge >= 0.3 is 12.1 Å². The summed E-state index contributed by atoms with van der Waals surface area (Å²) in [5.41, 5.74) is -2.68. The van der Waals surface area contributed by atoms with Crippen LogP contribution in [0.25, 0.3) is 0 Å². The van der Waals surface area contributed by atoms with Crippen LogP contribution in [0, 0.1) is 10.1 Å². The minimum absolute atomic E-state index is 0.143. The molecule has 0 atom stereocenters. The topological polar surface area (TPSA) is 80.4 Å². The van der Waals surface area contributed by atoms with Gasteiger partial charge in [-0.15, -0.1) is 0 Å². The second kappa shape index (κ2) is 4.40. The molecule has 1 aromatic rings. The van der Waals surface area contributed by atoms with E-state index < -0.39 is 34.7 Å². The molecule has 5 nitrogen and oxygen atoms in total. The van der Waals surface area contributed by atoms with Crippen molar-refractivity contribution >= 4 is 11.7 Å². The van der Waals surface area contributed by atoms with Gasteiger partial charge in [0.25, 0.3) is 5.69 Å². The molecule has 92 valence electrons. The van der Waals surface area contributed by atoms with Crippen LogP contribution < -0.4 is 0 Å². The summed E-state index contributed by atoms with van der Waals surface area (Å²) in [6.45, 7) is 0. The fourth-order valence-corrected chi connectivity index (χ4v) is 1.25. The standard InChI is InChI=1S/C9H6F3NO4/c10-9(11,12)6-3-5(4-8(14)15)1-2-7(6)13(16)17/h1-3H,4H2,(H,14,15). The normalized spacial score (nSPS) is 11.2. The monoisotopic (exact) mass is 249 g/mol. The number of rotatable bonds is 3. The molecule has 0 aliphatic carbocycles. The van der Waals surface area contributed by atoms with Gasteiger partial charge in [0.2, 0.25) is 0 Å². The van der Waals surface area contributed by atoms with Gasteiger partial charge in [0.05, 0.1) is 11.3 Å². The van der Waals surface area contributed by atoms with E-state index in [1.54, 1.807) is 0 Å². The predicted octanol–water partition coefficient (Wildman–Crippen LogP) is 2.24. The molecular weight excluding hydrogens is 243 g/mol. The smallest absolute Gasteiger partial charge is 0.423 e. The highest BCUT2D eigenvalue weighted by molar-refractivity contribution is 5.70. The summed E-state index contributed by atoms with van der Waals surface area (Å²) in [4.78, 5) is 19.6. The number of benzene rings is 1. The van der Waals surface area contributed by atoms with Crippen LogP contribution in [0.2, 0.25) is 0 Å². The molecule has 0 fully saturated rings. The van der Waals surface area contributed by atoms with Gasteiger partial charge in [-0.25, -0.2) is 0 Å². The van der Waals surface area contributed by atoms with Crippen LogP contribution in [0.4, 0.5) is 18.9 Å². The third-order valence-electron chi connectivity index (χ3n) is 1.92. The van der Waals surface area contributed by atoms with Crippen LogP contribution in [0.3, 0.4) is 0 Å². The van der Waals surface area contributed by atoms with Gasteiger partial charge in [0, 0.05) is 6.07 Å². The van der Waals surface area contributed by atoms with Crippen molar-refractivity contribution in [1.29, 1.82) is 0 Å². The first-order valence-corrected chi connectivity index (χ1v) is 4.28. The van der Waals surface area contributed by atoms with E-state index in [9.17, 15) is 28.1 Å². The molecule has 0 saturated carbocycles. The fourth-order valence-electron chi connectivity index (χ4n) is 1.25. The van der Waals surface area contributed by atoms with Crippen LogP contribution in [-0.2, 0) is 17.4 Å². The predicted molar refractivity (Wildman–Crippen MR) is 49.4 cm³/mol. The molecule has 0 aliphatic rings. The Labute approximate surface area is 92.6 Å². The molecule has 8 heteroatoms. The Morgan fingerprint density at radius 2 is 2.00 bits per heavy atom. The number of aliphatic carboxylic acids is 1. The maximum absolute atomic E-state index is 12.5. The lowest BCUT2D eigenvalue weighted by atomic mass is 10.1. The summed E-state index contributed by atoms with van der Waals surface area (Å²) >= 11 is 0. The third-order valence-corrected chi connectivity index (χ3v) is 1.92. The summed E-state index contributed by atoms with van der Waals surface area (Å²) in [5.74, 6) is -1.31. The molecule has 0 radical (unpaired) electrons. The Balaban J connectivity index is 3.29. The number of nitrogens with zero attached hydrogens (tertiary/aromatic N) is 1. The van der Waals surface area contributed by atoms with Crippen molar-refractivity contribution in [2.75, 3.05) is 0 Å². The van der Waals surface area contributed by atoms with Crippen molar-refractivity contribution < 1.29 is 28.0 Å². The minimum atomic E-state index is -4.89. The second-order valence-corrected chi connectivity index (χ2v) is 3.18. The van der Waals surface area contributed by atoms with E-state index in [4.69, 9.17) is 5.11 Å². The zero-order valence-electron chi connectivity index (χ0n) is 8.19. The van der Waals surface area contributed by atoms with E-state index >= 15 is 0 Å². The molecule has 0 bridgehead atoms. The number of hydrogen-bond acceptors (Lipinski definition) is 3. The Bertz CT molecular complexity index is 470. The van der Waals surface area contributed by atoms with Crippen molar-refractivity contribution in [3.63, 3.8) is 0 Å². The zero-order chi connectivity index (χ0) is 13.2. The van der Waals surface area contributed by atoms with E-state index in [-0.39, 0.29) is 5.56 Å². The molecule has 1 aromatic carbocycles. The molecule has 1 rings (SSSR count). The molecule has 0 spiro atoms. The van der Waals surface area contributed by atoms with Gasteiger partial charge in [-0.2, -0.15) is 13.2 Å². The SMILES string of the molecule is O=C(O)Cc1ccc([N+](=O)[O-])c(C(F)(F)F)c1. The van der Waals surface area contributed by atoms with E-state index in [0.29, 0.717) is 12.1 Å². The molecule has 1 N–H and O–H groups in total. The zero-order valence-corrected chi connectivity index (χ0v) is 8.19. The third kappa shape index (κ3) is 3.16. The number of nitro benzene ring substituents is 1. The summed E-state index contributed by atoms with van der Waals surface area (Å²) in [5, 5.41) is 18.8. The van der Waals surface area contributed by atoms with Crippen LogP contribution in [0.1, 0.15) is 11.1 Å². The molecule has 0 heterocycles. The van der Waals surface area contributed by atoms with Gasteiger partial charge in [-0.3, -0.25) is 14.9 Å². The number of halogens is 3. The average Bonchev–Trinajstić information content (AvgIpc) is 2.14. The summed E-state index contributed by atoms with van der Waals surface area (Å²) in [6, 6.07) is 2.12. The van der Waals surface area contributed by atoms with Gasteiger partial charge < -0.3 is 5.11 Å². The van der Waals surface area contributed by atoms with Crippen molar-refractivity contribution in [1.82, 2.24) is 0 Å². The van der Waals surface area contributed by atoms with Gasteiger partial charge in [-0.1, -0.05) is 6.07 Å².